The van der Waals surface area contributed by atoms with E-state index in [2.05, 4.69) is 0 Å². The Hall–Kier alpha value is -2.23. The van der Waals surface area contributed by atoms with Gasteiger partial charge in [-0.25, -0.2) is 4.39 Å². The minimum atomic E-state index is -0.920. The van der Waals surface area contributed by atoms with Gasteiger partial charge in [0, 0.05) is 23.8 Å². The third-order valence-electron chi connectivity index (χ3n) is 2.97. The molecule has 0 heterocycles. The number of hydrogen-bond acceptors (Lipinski definition) is 2. The van der Waals surface area contributed by atoms with Gasteiger partial charge in [0.15, 0.2) is 5.78 Å². The summed E-state index contributed by atoms with van der Waals surface area (Å²) in [5.41, 5.74) is 0.447. The monoisotopic (exact) mass is 260 g/mol. The van der Waals surface area contributed by atoms with Crippen LogP contribution in [-0.4, -0.2) is 16.9 Å². The van der Waals surface area contributed by atoms with E-state index in [0.717, 1.165) is 0 Å². The maximum atomic E-state index is 13.6. The lowest BCUT2D eigenvalue weighted by molar-refractivity contribution is -0.137. The first-order valence-electron chi connectivity index (χ1n) is 6.02. The Morgan fingerprint density at radius 2 is 1.68 bits per heavy atom. The molecule has 0 bridgehead atoms. The summed E-state index contributed by atoms with van der Waals surface area (Å²) in [5, 5.41) is 9.53. The average molecular weight is 260 g/mol. The van der Waals surface area contributed by atoms with E-state index in [1.54, 1.807) is 24.3 Å². The molecule has 0 radical (unpaired) electrons. The molecule has 19 heavy (non-hydrogen) atoms. The zero-order valence-corrected chi connectivity index (χ0v) is 10.2. The number of ketones is 1. The van der Waals surface area contributed by atoms with Crippen molar-refractivity contribution in [2.75, 3.05) is 0 Å². The molecule has 2 aromatic carbocycles. The Labute approximate surface area is 109 Å². The van der Waals surface area contributed by atoms with Crippen LogP contribution in [0.3, 0.4) is 0 Å². The van der Waals surface area contributed by atoms with Crippen LogP contribution in [0.4, 0.5) is 4.39 Å². The molecular weight excluding hydrogens is 247 g/mol. The van der Waals surface area contributed by atoms with E-state index in [-0.39, 0.29) is 24.4 Å². The van der Waals surface area contributed by atoms with Crippen molar-refractivity contribution in [1.29, 1.82) is 0 Å². The third-order valence-corrected chi connectivity index (χ3v) is 2.97. The number of carbonyl (C=O) groups excluding carboxylic acids is 1. The molecule has 0 saturated heterocycles. The molecule has 0 aliphatic heterocycles. The van der Waals surface area contributed by atoms with Crippen molar-refractivity contribution in [2.24, 2.45) is 0 Å². The molecule has 1 N–H and O–H groups in total. The van der Waals surface area contributed by atoms with Crippen molar-refractivity contribution in [3.8, 4) is 0 Å². The first-order valence-corrected chi connectivity index (χ1v) is 6.02. The van der Waals surface area contributed by atoms with Gasteiger partial charge in [-0.1, -0.05) is 24.3 Å². The van der Waals surface area contributed by atoms with Crippen LogP contribution in [0.1, 0.15) is 29.6 Å². The maximum Gasteiger partial charge on any atom is 0.303 e. The largest absolute Gasteiger partial charge is 0.481 e. The standard InChI is InChI=1S/C15H13FO3/c16-13-9-8-12(10-4-1-2-5-11(10)13)14(17)6-3-7-15(18)19/h1-2,4-5,8-9H,3,6-7H2,(H,18,19). The van der Waals surface area contributed by atoms with Crippen molar-refractivity contribution in [3.05, 3.63) is 47.8 Å². The summed E-state index contributed by atoms with van der Waals surface area (Å²) in [7, 11) is 0. The minimum absolute atomic E-state index is 0.0368. The van der Waals surface area contributed by atoms with Gasteiger partial charge in [-0.3, -0.25) is 9.59 Å². The van der Waals surface area contributed by atoms with Crippen LogP contribution >= 0.6 is 0 Å². The summed E-state index contributed by atoms with van der Waals surface area (Å²) in [6.45, 7) is 0. The molecule has 3 nitrogen and oxygen atoms in total. The van der Waals surface area contributed by atoms with Crippen molar-refractivity contribution in [1.82, 2.24) is 0 Å². The highest BCUT2D eigenvalue weighted by molar-refractivity contribution is 6.08. The fourth-order valence-electron chi connectivity index (χ4n) is 2.04. The number of carbonyl (C=O) groups is 2. The van der Waals surface area contributed by atoms with E-state index < -0.39 is 5.97 Å². The van der Waals surface area contributed by atoms with Crippen molar-refractivity contribution < 1.29 is 19.1 Å². The number of carboxylic acid groups (broad SMARTS) is 1. The first-order chi connectivity index (χ1) is 9.09. The van der Waals surface area contributed by atoms with E-state index in [1.165, 1.54) is 12.1 Å². The first kappa shape index (κ1) is 13.2. The van der Waals surface area contributed by atoms with Gasteiger partial charge in [0.05, 0.1) is 0 Å². The van der Waals surface area contributed by atoms with Crippen LogP contribution in [0.15, 0.2) is 36.4 Å². The second-order valence-electron chi connectivity index (χ2n) is 4.31. The van der Waals surface area contributed by atoms with Crippen LogP contribution < -0.4 is 0 Å². The summed E-state index contributed by atoms with van der Waals surface area (Å²) in [6, 6.07) is 9.51. The number of halogens is 1. The highest BCUT2D eigenvalue weighted by Crippen LogP contribution is 2.23. The molecule has 0 aliphatic carbocycles. The molecule has 2 rings (SSSR count). The Bertz CT molecular complexity index is 634. The van der Waals surface area contributed by atoms with Gasteiger partial charge in [-0.15, -0.1) is 0 Å². The molecule has 0 unspecified atom stereocenters. The van der Waals surface area contributed by atoms with Crippen LogP contribution in [0.5, 0.6) is 0 Å². The van der Waals surface area contributed by atoms with Crippen LogP contribution in [0.25, 0.3) is 10.8 Å². The van der Waals surface area contributed by atoms with Gasteiger partial charge in [-0.05, 0) is 23.9 Å². The molecule has 0 atom stereocenters. The van der Waals surface area contributed by atoms with Gasteiger partial charge in [0.25, 0.3) is 0 Å². The molecule has 0 saturated carbocycles. The predicted octanol–water partition coefficient (Wildman–Crippen LogP) is 3.42. The van der Waals surface area contributed by atoms with Crippen molar-refractivity contribution >= 4 is 22.5 Å². The quantitative estimate of drug-likeness (QED) is 0.838. The maximum absolute atomic E-state index is 13.6. The number of rotatable bonds is 5. The summed E-state index contributed by atoms with van der Waals surface area (Å²) >= 11 is 0. The molecule has 98 valence electrons. The van der Waals surface area contributed by atoms with Crippen molar-refractivity contribution in [2.45, 2.75) is 19.3 Å². The van der Waals surface area contributed by atoms with E-state index in [4.69, 9.17) is 5.11 Å². The molecule has 4 heteroatoms. The zero-order chi connectivity index (χ0) is 13.8. The van der Waals surface area contributed by atoms with Crippen LogP contribution in [0.2, 0.25) is 0 Å². The molecular formula is C15H13FO3. The molecule has 0 fully saturated rings. The molecule has 0 amide bonds. The van der Waals surface area contributed by atoms with Crippen LogP contribution in [-0.2, 0) is 4.79 Å². The Morgan fingerprint density at radius 3 is 2.37 bits per heavy atom. The second kappa shape index (κ2) is 5.61. The zero-order valence-electron chi connectivity index (χ0n) is 10.2. The Morgan fingerprint density at radius 1 is 1.00 bits per heavy atom. The molecule has 0 spiro atoms. The molecule has 0 aliphatic rings. The Kier molecular flexibility index (Phi) is 3.90. The lowest BCUT2D eigenvalue weighted by Crippen LogP contribution is -2.03. The number of aliphatic carboxylic acids is 1. The predicted molar refractivity (Wildman–Crippen MR) is 69.7 cm³/mol. The normalized spacial score (nSPS) is 10.6. The highest BCUT2D eigenvalue weighted by Gasteiger charge is 2.12. The van der Waals surface area contributed by atoms with Gasteiger partial charge in [0.1, 0.15) is 5.82 Å². The van der Waals surface area contributed by atoms with Crippen LogP contribution in [0, 0.1) is 5.82 Å². The lowest BCUT2D eigenvalue weighted by Gasteiger charge is -2.06. The topological polar surface area (TPSA) is 54.4 Å². The third kappa shape index (κ3) is 2.96. The number of carboxylic acids is 1. The van der Waals surface area contributed by atoms with Gasteiger partial charge >= 0.3 is 5.97 Å². The fraction of sp³-hybridized carbons (Fsp3) is 0.200. The Balaban J connectivity index is 2.27. The van der Waals surface area contributed by atoms with Gasteiger partial charge in [-0.2, -0.15) is 0 Å². The lowest BCUT2D eigenvalue weighted by atomic mass is 9.98. The van der Waals surface area contributed by atoms with E-state index >= 15 is 0 Å². The van der Waals surface area contributed by atoms with E-state index in [9.17, 15) is 14.0 Å². The number of fused-ring (bicyclic) bond motifs is 1. The summed E-state index contributed by atoms with van der Waals surface area (Å²) in [6.07, 6.45) is 0.409. The molecule has 2 aromatic rings. The number of hydrogen-bond donors (Lipinski definition) is 1. The van der Waals surface area contributed by atoms with Crippen molar-refractivity contribution in [3.63, 3.8) is 0 Å². The second-order valence-corrected chi connectivity index (χ2v) is 4.31. The summed E-state index contributed by atoms with van der Waals surface area (Å²) < 4.78 is 13.6. The van der Waals surface area contributed by atoms with Gasteiger partial charge < -0.3 is 5.11 Å². The summed E-state index contributed by atoms with van der Waals surface area (Å²) in [4.78, 5) is 22.4. The number of Topliss-reactive ketones (excluding diaryl/α,β-unsaturated/α-hetero) is 1. The SMILES string of the molecule is O=C(O)CCCC(=O)c1ccc(F)c2ccccc12. The fourth-order valence-corrected chi connectivity index (χ4v) is 2.04. The van der Waals surface area contributed by atoms with E-state index in [0.29, 0.717) is 22.8 Å². The average Bonchev–Trinajstić information content (AvgIpc) is 2.39. The smallest absolute Gasteiger partial charge is 0.303 e. The molecule has 0 aromatic heterocycles. The number of benzene rings is 2. The minimum Gasteiger partial charge on any atom is -0.481 e. The van der Waals surface area contributed by atoms with Gasteiger partial charge in [0.2, 0.25) is 0 Å². The van der Waals surface area contributed by atoms with E-state index in [1.807, 2.05) is 0 Å². The highest BCUT2D eigenvalue weighted by atomic mass is 19.1. The summed E-state index contributed by atoms with van der Waals surface area (Å²) in [5.74, 6) is -1.44.